The molecule has 5 nitrogen and oxygen atoms in total. The number of hydrogen-bond acceptors (Lipinski definition) is 4. The molecular formula is C20H16FN3O2. The van der Waals surface area contributed by atoms with Gasteiger partial charge in [-0.15, -0.1) is 0 Å². The average Bonchev–Trinajstić information content (AvgIpc) is 2.98. The number of ketones is 1. The Bertz CT molecular complexity index is 1050. The van der Waals surface area contributed by atoms with Crippen molar-refractivity contribution in [2.75, 3.05) is 7.11 Å². The number of fused-ring (bicyclic) bond motifs is 1. The number of benzene rings is 2. The van der Waals surface area contributed by atoms with Gasteiger partial charge in [-0.25, -0.2) is 9.37 Å². The number of rotatable bonds is 5. The highest BCUT2D eigenvalue weighted by molar-refractivity contribution is 6.00. The summed E-state index contributed by atoms with van der Waals surface area (Å²) in [5.74, 6) is -1.46. The van der Waals surface area contributed by atoms with Gasteiger partial charge < -0.3 is 9.30 Å². The number of allylic oxidation sites excluding steroid dienone is 1. The van der Waals surface area contributed by atoms with E-state index >= 15 is 0 Å². The lowest BCUT2D eigenvalue weighted by molar-refractivity contribution is -0.115. The average molecular weight is 349 g/mol. The van der Waals surface area contributed by atoms with Gasteiger partial charge in [-0.3, -0.25) is 4.79 Å². The molecule has 0 aliphatic carbocycles. The molecule has 6 heteroatoms. The van der Waals surface area contributed by atoms with Gasteiger partial charge in [0.2, 0.25) is 0 Å². The van der Waals surface area contributed by atoms with Crippen molar-refractivity contribution in [3.05, 3.63) is 65.7 Å². The van der Waals surface area contributed by atoms with Crippen molar-refractivity contribution < 1.29 is 13.9 Å². The highest BCUT2D eigenvalue weighted by Crippen LogP contribution is 2.23. The number of carbonyl (C=O) groups excluding carboxylic acids is 1. The largest absolute Gasteiger partial charge is 0.494 e. The van der Waals surface area contributed by atoms with Gasteiger partial charge in [0.15, 0.2) is 23.3 Å². The number of hydrogen-bond donors (Lipinski definition) is 0. The number of methoxy groups -OCH3 is 1. The highest BCUT2D eigenvalue weighted by Gasteiger charge is 2.23. The second-order valence-electron chi connectivity index (χ2n) is 5.71. The monoisotopic (exact) mass is 349 g/mol. The Balaban J connectivity index is 1.88. The molecular weight excluding hydrogens is 333 g/mol. The molecule has 1 aromatic heterocycles. The molecule has 26 heavy (non-hydrogen) atoms. The summed E-state index contributed by atoms with van der Waals surface area (Å²) in [6.45, 7) is 0. The highest BCUT2D eigenvalue weighted by atomic mass is 19.1. The number of carbonyl (C=O) groups is 1. The van der Waals surface area contributed by atoms with E-state index in [1.807, 2.05) is 30.3 Å². The Morgan fingerprint density at radius 1 is 1.35 bits per heavy atom. The standard InChI is InChI=1S/C20H16FN3O2/c1-24-17-6-4-3-5-16(17)23-20(24)14(12-22)18(25)9-7-13-8-10-19(26-2)15(21)11-13/h3-11,14H,1-2H3/b9-7+. The van der Waals surface area contributed by atoms with Crippen LogP contribution in [0.15, 0.2) is 48.5 Å². The zero-order valence-corrected chi connectivity index (χ0v) is 14.3. The number of ether oxygens (including phenoxy) is 1. The molecule has 0 radical (unpaired) electrons. The summed E-state index contributed by atoms with van der Waals surface area (Å²) in [5, 5.41) is 9.47. The van der Waals surface area contributed by atoms with Crippen LogP contribution in [0.1, 0.15) is 17.3 Å². The number of nitrogens with zero attached hydrogens (tertiary/aromatic N) is 3. The van der Waals surface area contributed by atoms with E-state index in [0.29, 0.717) is 11.4 Å². The molecule has 0 bridgehead atoms. The van der Waals surface area contributed by atoms with Crippen molar-refractivity contribution in [2.45, 2.75) is 5.92 Å². The lowest BCUT2D eigenvalue weighted by atomic mass is 10.0. The Morgan fingerprint density at radius 3 is 2.77 bits per heavy atom. The van der Waals surface area contributed by atoms with Crippen molar-refractivity contribution in [1.29, 1.82) is 5.26 Å². The maximum absolute atomic E-state index is 13.7. The van der Waals surface area contributed by atoms with Crippen LogP contribution in [-0.4, -0.2) is 22.4 Å². The summed E-state index contributed by atoms with van der Waals surface area (Å²) in [5.41, 5.74) is 2.06. The Kier molecular flexibility index (Phi) is 4.81. The SMILES string of the molecule is COc1ccc(/C=C/C(=O)C(C#N)c2nc3ccccc3n2C)cc1F. The molecule has 0 fully saturated rings. The first-order chi connectivity index (χ1) is 12.5. The van der Waals surface area contributed by atoms with Crippen LogP contribution in [0.3, 0.4) is 0 Å². The third kappa shape index (κ3) is 3.20. The van der Waals surface area contributed by atoms with Crippen molar-refractivity contribution in [2.24, 2.45) is 7.05 Å². The number of halogens is 1. The van der Waals surface area contributed by atoms with Crippen LogP contribution in [0.4, 0.5) is 4.39 Å². The predicted octanol–water partition coefficient (Wildman–Crippen LogP) is 3.61. The maximum Gasteiger partial charge on any atom is 0.180 e. The molecule has 0 saturated heterocycles. The van der Waals surface area contributed by atoms with E-state index in [9.17, 15) is 14.4 Å². The molecule has 3 aromatic rings. The smallest absolute Gasteiger partial charge is 0.180 e. The lowest BCUT2D eigenvalue weighted by Gasteiger charge is -2.06. The summed E-state index contributed by atoms with van der Waals surface area (Å²) < 4.78 is 20.3. The van der Waals surface area contributed by atoms with E-state index in [-0.39, 0.29) is 5.75 Å². The molecule has 0 spiro atoms. The van der Waals surface area contributed by atoms with Gasteiger partial charge in [0, 0.05) is 7.05 Å². The third-order valence-corrected chi connectivity index (χ3v) is 4.11. The van der Waals surface area contributed by atoms with E-state index < -0.39 is 17.5 Å². The number of nitriles is 1. The fourth-order valence-corrected chi connectivity index (χ4v) is 2.73. The van der Waals surface area contributed by atoms with Crippen LogP contribution in [0.2, 0.25) is 0 Å². The molecule has 1 unspecified atom stereocenters. The Labute approximate surface area is 150 Å². The molecule has 0 saturated carbocycles. The fraction of sp³-hybridized carbons (Fsp3) is 0.150. The number of aryl methyl sites for hydroxylation is 1. The topological polar surface area (TPSA) is 67.9 Å². The van der Waals surface area contributed by atoms with Crippen LogP contribution >= 0.6 is 0 Å². The zero-order valence-electron chi connectivity index (χ0n) is 14.3. The quantitative estimate of drug-likeness (QED) is 0.660. The molecule has 3 rings (SSSR count). The molecule has 1 atom stereocenters. The number of imidazole rings is 1. The first-order valence-corrected chi connectivity index (χ1v) is 7.91. The molecule has 0 aliphatic heterocycles. The van der Waals surface area contributed by atoms with Crippen LogP contribution in [0.5, 0.6) is 5.75 Å². The van der Waals surface area contributed by atoms with E-state index in [1.54, 1.807) is 17.7 Å². The second kappa shape index (κ2) is 7.19. The van der Waals surface area contributed by atoms with Crippen LogP contribution in [0.25, 0.3) is 17.1 Å². The van der Waals surface area contributed by atoms with Crippen LogP contribution in [-0.2, 0) is 11.8 Å². The zero-order chi connectivity index (χ0) is 18.7. The molecule has 1 heterocycles. The van der Waals surface area contributed by atoms with E-state index in [2.05, 4.69) is 4.98 Å². The van der Waals surface area contributed by atoms with Gasteiger partial charge in [0.25, 0.3) is 0 Å². The molecule has 130 valence electrons. The first-order valence-electron chi connectivity index (χ1n) is 7.91. The lowest BCUT2D eigenvalue weighted by Crippen LogP contribution is -2.13. The molecule has 0 aliphatic rings. The summed E-state index contributed by atoms with van der Waals surface area (Å²) in [7, 11) is 3.15. The van der Waals surface area contributed by atoms with Gasteiger partial charge in [0.1, 0.15) is 5.82 Å². The van der Waals surface area contributed by atoms with Crippen molar-refractivity contribution in [3.8, 4) is 11.8 Å². The summed E-state index contributed by atoms with van der Waals surface area (Å²) >= 11 is 0. The number of aromatic nitrogens is 2. The minimum Gasteiger partial charge on any atom is -0.494 e. The summed E-state index contributed by atoms with van der Waals surface area (Å²) in [6, 6.07) is 13.8. The van der Waals surface area contributed by atoms with Crippen LogP contribution < -0.4 is 4.74 Å². The maximum atomic E-state index is 13.7. The van der Waals surface area contributed by atoms with Gasteiger partial charge in [-0.2, -0.15) is 5.26 Å². The normalized spacial score (nSPS) is 12.2. The minimum atomic E-state index is -1.04. The summed E-state index contributed by atoms with van der Waals surface area (Å²) in [4.78, 5) is 16.9. The summed E-state index contributed by atoms with van der Waals surface area (Å²) in [6.07, 6.45) is 2.74. The van der Waals surface area contributed by atoms with Crippen molar-refractivity contribution in [3.63, 3.8) is 0 Å². The van der Waals surface area contributed by atoms with E-state index in [4.69, 9.17) is 4.74 Å². The van der Waals surface area contributed by atoms with Gasteiger partial charge in [-0.05, 0) is 35.9 Å². The van der Waals surface area contributed by atoms with Gasteiger partial charge >= 0.3 is 0 Å². The van der Waals surface area contributed by atoms with E-state index in [1.165, 1.54) is 31.4 Å². The predicted molar refractivity (Wildman–Crippen MR) is 96.1 cm³/mol. The third-order valence-electron chi connectivity index (χ3n) is 4.11. The van der Waals surface area contributed by atoms with E-state index in [0.717, 1.165) is 11.0 Å². The Hall–Kier alpha value is -3.46. The van der Waals surface area contributed by atoms with Crippen LogP contribution in [0, 0.1) is 17.1 Å². The van der Waals surface area contributed by atoms with Gasteiger partial charge in [0.05, 0.1) is 24.2 Å². The second-order valence-corrected chi connectivity index (χ2v) is 5.71. The van der Waals surface area contributed by atoms with Gasteiger partial charge in [-0.1, -0.05) is 24.3 Å². The first kappa shape index (κ1) is 17.4. The Morgan fingerprint density at radius 2 is 2.12 bits per heavy atom. The minimum absolute atomic E-state index is 0.128. The fourth-order valence-electron chi connectivity index (χ4n) is 2.73. The molecule has 0 amide bonds. The molecule has 0 N–H and O–H groups in total. The number of para-hydroxylation sites is 2. The molecule has 2 aromatic carbocycles. The van der Waals surface area contributed by atoms with Crippen molar-refractivity contribution in [1.82, 2.24) is 9.55 Å². The van der Waals surface area contributed by atoms with Crippen molar-refractivity contribution >= 4 is 22.9 Å².